The quantitative estimate of drug-likeness (QED) is 0.0343. The minimum absolute atomic E-state index is 0.0611. The van der Waals surface area contributed by atoms with Gasteiger partial charge in [-0.05, 0) is 19.3 Å². The van der Waals surface area contributed by atoms with E-state index in [9.17, 15) is 14.4 Å². The number of carbonyl (C=O) groups excluding carboxylic acids is 3. The molecule has 6 nitrogen and oxygen atoms in total. The molecule has 0 amide bonds. The fourth-order valence-electron chi connectivity index (χ4n) is 11.1. The lowest BCUT2D eigenvalue weighted by Gasteiger charge is -2.18. The van der Waals surface area contributed by atoms with Crippen LogP contribution >= 0.6 is 0 Å². The van der Waals surface area contributed by atoms with E-state index in [-0.39, 0.29) is 31.1 Å². The summed E-state index contributed by atoms with van der Waals surface area (Å²) in [7, 11) is 0. The molecule has 6 heteroatoms. The van der Waals surface area contributed by atoms with Gasteiger partial charge in [-0.15, -0.1) is 0 Å². The molecule has 1 atom stereocenters. The highest BCUT2D eigenvalue weighted by Crippen LogP contribution is 2.19. The van der Waals surface area contributed by atoms with Gasteiger partial charge in [0.05, 0.1) is 0 Å². The summed E-state index contributed by atoms with van der Waals surface area (Å²) in [6.07, 6.45) is 77.4. The molecule has 0 rings (SSSR count). The second kappa shape index (κ2) is 65.9. The van der Waals surface area contributed by atoms with Crippen molar-refractivity contribution in [1.82, 2.24) is 0 Å². The van der Waals surface area contributed by atoms with E-state index in [1.54, 1.807) is 0 Å². The van der Waals surface area contributed by atoms with Crippen LogP contribution in [0.1, 0.15) is 412 Å². The fourth-order valence-corrected chi connectivity index (χ4v) is 11.1. The van der Waals surface area contributed by atoms with Crippen LogP contribution in [0.5, 0.6) is 0 Å². The van der Waals surface area contributed by atoms with Gasteiger partial charge in [-0.3, -0.25) is 14.4 Å². The summed E-state index contributed by atoms with van der Waals surface area (Å²) < 4.78 is 16.9. The van der Waals surface area contributed by atoms with Crippen molar-refractivity contribution in [3.63, 3.8) is 0 Å². The highest BCUT2D eigenvalue weighted by atomic mass is 16.6. The van der Waals surface area contributed by atoms with Crippen molar-refractivity contribution in [2.45, 2.75) is 419 Å². The highest BCUT2D eigenvalue weighted by Gasteiger charge is 2.19. The van der Waals surface area contributed by atoms with Crippen LogP contribution < -0.4 is 0 Å². The molecular formula is C70H136O6. The number of carbonyl (C=O) groups is 3. The molecule has 0 N–H and O–H groups in total. The third kappa shape index (κ3) is 63.2. The first-order chi connectivity index (χ1) is 37.5. The van der Waals surface area contributed by atoms with Gasteiger partial charge in [0, 0.05) is 19.3 Å². The summed E-state index contributed by atoms with van der Waals surface area (Å²) in [4.78, 5) is 38.2. The van der Waals surface area contributed by atoms with Crippen molar-refractivity contribution in [2.75, 3.05) is 13.2 Å². The van der Waals surface area contributed by atoms with E-state index in [2.05, 4.69) is 20.8 Å². The minimum Gasteiger partial charge on any atom is -0.462 e. The van der Waals surface area contributed by atoms with Gasteiger partial charge >= 0.3 is 17.9 Å². The minimum atomic E-state index is -0.761. The van der Waals surface area contributed by atoms with Crippen molar-refractivity contribution in [1.29, 1.82) is 0 Å². The summed E-state index contributed by atoms with van der Waals surface area (Å²) in [5.74, 6) is -0.831. The average Bonchev–Trinajstić information content (AvgIpc) is 3.42. The Bertz CT molecular complexity index is 1140. The maximum absolute atomic E-state index is 12.8. The number of rotatable bonds is 66. The standard InChI is InChI=1S/C70H136O6/c1-4-7-10-13-16-19-22-24-25-26-27-28-29-30-31-32-33-34-35-36-37-38-39-40-41-42-43-44-45-46-49-51-54-57-60-63-69(72)75-66-67(65-74-68(71)62-59-56-53-50-47-21-18-15-12-9-6-3)76-70(73)64-61-58-55-52-48-23-20-17-14-11-8-5-2/h67H,4-66H2,1-3H3. The molecule has 0 aliphatic carbocycles. The zero-order chi connectivity index (χ0) is 55.0. The van der Waals surface area contributed by atoms with Crippen LogP contribution in [0, 0.1) is 0 Å². The Kier molecular flexibility index (Phi) is 64.5. The van der Waals surface area contributed by atoms with E-state index in [0.29, 0.717) is 19.3 Å². The van der Waals surface area contributed by atoms with Crippen molar-refractivity contribution < 1.29 is 28.6 Å². The topological polar surface area (TPSA) is 78.9 Å². The first-order valence-corrected chi connectivity index (χ1v) is 35.0. The Morgan fingerprint density at radius 1 is 0.211 bits per heavy atom. The summed E-state index contributed by atoms with van der Waals surface area (Å²) in [5, 5.41) is 0. The lowest BCUT2D eigenvalue weighted by atomic mass is 10.0. The first kappa shape index (κ1) is 74.4. The smallest absolute Gasteiger partial charge is 0.306 e. The molecule has 0 aromatic heterocycles. The normalized spacial score (nSPS) is 11.9. The lowest BCUT2D eigenvalue weighted by Crippen LogP contribution is -2.30. The van der Waals surface area contributed by atoms with Gasteiger partial charge in [0.2, 0.25) is 0 Å². The molecule has 1 unspecified atom stereocenters. The van der Waals surface area contributed by atoms with Gasteiger partial charge in [-0.1, -0.05) is 374 Å². The Morgan fingerprint density at radius 3 is 0.526 bits per heavy atom. The third-order valence-corrected chi connectivity index (χ3v) is 16.4. The molecule has 76 heavy (non-hydrogen) atoms. The molecule has 0 fully saturated rings. The molecule has 0 aliphatic heterocycles. The van der Waals surface area contributed by atoms with Crippen molar-refractivity contribution >= 4 is 17.9 Å². The van der Waals surface area contributed by atoms with Gasteiger partial charge in [-0.25, -0.2) is 0 Å². The van der Waals surface area contributed by atoms with Gasteiger partial charge in [0.1, 0.15) is 13.2 Å². The molecule has 0 aromatic rings. The monoisotopic (exact) mass is 1070 g/mol. The predicted molar refractivity (Wildman–Crippen MR) is 330 cm³/mol. The second-order valence-electron chi connectivity index (χ2n) is 24.2. The van der Waals surface area contributed by atoms with Crippen LogP contribution in [-0.4, -0.2) is 37.2 Å². The van der Waals surface area contributed by atoms with Crippen LogP contribution in [0.3, 0.4) is 0 Å². The number of ether oxygens (including phenoxy) is 3. The van der Waals surface area contributed by atoms with E-state index < -0.39 is 6.10 Å². The van der Waals surface area contributed by atoms with Gasteiger partial charge < -0.3 is 14.2 Å². The third-order valence-electron chi connectivity index (χ3n) is 16.4. The Balaban J connectivity index is 3.91. The molecule has 0 radical (unpaired) electrons. The summed E-state index contributed by atoms with van der Waals surface area (Å²) in [6, 6.07) is 0. The molecule has 452 valence electrons. The Labute approximate surface area is 476 Å². The van der Waals surface area contributed by atoms with Crippen LogP contribution in [0.25, 0.3) is 0 Å². The number of hydrogen-bond donors (Lipinski definition) is 0. The molecule has 0 aromatic carbocycles. The molecule has 0 aliphatic rings. The van der Waals surface area contributed by atoms with Crippen LogP contribution in [0.2, 0.25) is 0 Å². The Hall–Kier alpha value is -1.59. The van der Waals surface area contributed by atoms with E-state index in [0.717, 1.165) is 57.8 Å². The largest absolute Gasteiger partial charge is 0.462 e. The summed E-state index contributed by atoms with van der Waals surface area (Å²) in [6.45, 7) is 6.71. The van der Waals surface area contributed by atoms with Crippen LogP contribution in [-0.2, 0) is 28.6 Å². The summed E-state index contributed by atoms with van der Waals surface area (Å²) >= 11 is 0. The molecule has 0 saturated heterocycles. The van der Waals surface area contributed by atoms with E-state index in [4.69, 9.17) is 14.2 Å². The first-order valence-electron chi connectivity index (χ1n) is 35.0. The number of esters is 3. The average molecular weight is 1070 g/mol. The molecule has 0 saturated carbocycles. The summed E-state index contributed by atoms with van der Waals surface area (Å²) in [5.41, 5.74) is 0. The van der Waals surface area contributed by atoms with Crippen LogP contribution in [0.4, 0.5) is 0 Å². The van der Waals surface area contributed by atoms with E-state index in [1.165, 1.54) is 315 Å². The number of unbranched alkanes of at least 4 members (excludes halogenated alkanes) is 55. The van der Waals surface area contributed by atoms with E-state index in [1.807, 2.05) is 0 Å². The van der Waals surface area contributed by atoms with E-state index >= 15 is 0 Å². The lowest BCUT2D eigenvalue weighted by molar-refractivity contribution is -0.167. The van der Waals surface area contributed by atoms with Crippen molar-refractivity contribution in [3.8, 4) is 0 Å². The zero-order valence-corrected chi connectivity index (χ0v) is 52.1. The SMILES string of the molecule is CCCCCCCCCCCCCCCCCCCCCCCCCCCCCCCCCCCCCC(=O)OCC(COC(=O)CCCCCCCCCCCCC)OC(=O)CCCCCCCCCCCCCC. The second-order valence-corrected chi connectivity index (χ2v) is 24.2. The van der Waals surface area contributed by atoms with Crippen molar-refractivity contribution in [3.05, 3.63) is 0 Å². The zero-order valence-electron chi connectivity index (χ0n) is 52.1. The highest BCUT2D eigenvalue weighted by molar-refractivity contribution is 5.71. The predicted octanol–water partition coefficient (Wildman–Crippen LogP) is 23.8. The number of hydrogen-bond acceptors (Lipinski definition) is 6. The van der Waals surface area contributed by atoms with Crippen molar-refractivity contribution in [2.24, 2.45) is 0 Å². The molecule has 0 heterocycles. The molecule has 0 bridgehead atoms. The molecule has 0 spiro atoms. The molecular weight excluding hydrogens is 937 g/mol. The van der Waals surface area contributed by atoms with Gasteiger partial charge in [0.15, 0.2) is 6.10 Å². The van der Waals surface area contributed by atoms with Gasteiger partial charge in [-0.2, -0.15) is 0 Å². The van der Waals surface area contributed by atoms with Crippen LogP contribution in [0.15, 0.2) is 0 Å². The Morgan fingerprint density at radius 2 is 0.355 bits per heavy atom. The maximum Gasteiger partial charge on any atom is 0.306 e. The maximum atomic E-state index is 12.8. The van der Waals surface area contributed by atoms with Gasteiger partial charge in [0.25, 0.3) is 0 Å². The fraction of sp³-hybridized carbons (Fsp3) is 0.957.